The Morgan fingerprint density at radius 1 is 1.22 bits per heavy atom. The molecule has 1 fully saturated rings. The average Bonchev–Trinajstić information content (AvgIpc) is 3.20. The van der Waals surface area contributed by atoms with Crippen LogP contribution < -0.4 is 0 Å². The van der Waals surface area contributed by atoms with Crippen molar-refractivity contribution in [3.05, 3.63) is 41.6 Å². The summed E-state index contributed by atoms with van der Waals surface area (Å²) in [5, 5.41) is 18.9. The van der Waals surface area contributed by atoms with E-state index in [1.807, 2.05) is 33.7 Å². The molecule has 0 saturated carbocycles. The number of rotatable bonds is 2. The van der Waals surface area contributed by atoms with Crippen LogP contribution in [-0.4, -0.2) is 53.9 Å². The van der Waals surface area contributed by atoms with Crippen LogP contribution >= 0.6 is 0 Å². The van der Waals surface area contributed by atoms with Gasteiger partial charge in [-0.15, -0.1) is 10.2 Å². The zero-order valence-corrected chi connectivity index (χ0v) is 12.8. The molecule has 0 aromatic carbocycles. The quantitative estimate of drug-likeness (QED) is 0.767. The van der Waals surface area contributed by atoms with Crippen molar-refractivity contribution >= 4 is 11.6 Å². The third-order valence-corrected chi connectivity index (χ3v) is 4.41. The molecule has 1 N–H and O–H groups in total. The topological polar surface area (TPSA) is 92.1 Å². The minimum atomic E-state index is -0.0548. The van der Waals surface area contributed by atoms with Gasteiger partial charge in [-0.05, 0) is 31.9 Å². The predicted octanol–water partition coefficient (Wildman–Crippen LogP) is 1.18. The Morgan fingerprint density at radius 2 is 2.04 bits per heavy atom. The molecule has 8 heteroatoms. The van der Waals surface area contributed by atoms with Crippen LogP contribution in [0.25, 0.3) is 5.65 Å². The van der Waals surface area contributed by atoms with Gasteiger partial charge in [0.2, 0.25) is 0 Å². The first kappa shape index (κ1) is 13.9. The van der Waals surface area contributed by atoms with E-state index in [4.69, 9.17) is 0 Å². The normalized spacial score (nSPS) is 16.1. The summed E-state index contributed by atoms with van der Waals surface area (Å²) in [4.78, 5) is 14.3. The van der Waals surface area contributed by atoms with Gasteiger partial charge < -0.3 is 4.90 Å². The van der Waals surface area contributed by atoms with Crippen LogP contribution in [0.4, 0.5) is 0 Å². The van der Waals surface area contributed by atoms with E-state index < -0.39 is 0 Å². The van der Waals surface area contributed by atoms with Crippen molar-refractivity contribution in [3.8, 4) is 0 Å². The minimum absolute atomic E-state index is 0.0548. The highest BCUT2D eigenvalue weighted by atomic mass is 16.2. The molecular weight excluding hydrogens is 294 g/mol. The maximum Gasteiger partial charge on any atom is 0.276 e. The number of likely N-dealkylation sites (tertiary alicyclic amines) is 1. The lowest BCUT2D eigenvalue weighted by atomic mass is 9.95. The van der Waals surface area contributed by atoms with Crippen LogP contribution in [0.5, 0.6) is 0 Å². The molecule has 1 amide bonds. The number of hydrogen-bond donors (Lipinski definition) is 1. The number of nitrogens with one attached hydrogen (secondary N) is 1. The van der Waals surface area contributed by atoms with Crippen LogP contribution in [0, 0.1) is 6.92 Å². The lowest BCUT2D eigenvalue weighted by Crippen LogP contribution is -2.38. The third-order valence-electron chi connectivity index (χ3n) is 4.41. The van der Waals surface area contributed by atoms with E-state index in [-0.39, 0.29) is 5.91 Å². The fraction of sp³-hybridized carbons (Fsp3) is 0.400. The smallest absolute Gasteiger partial charge is 0.276 e. The number of nitrogens with zero attached hydrogens (tertiary/aromatic N) is 6. The molecule has 3 aromatic rings. The van der Waals surface area contributed by atoms with E-state index in [1.54, 1.807) is 6.92 Å². The molecule has 4 heterocycles. The van der Waals surface area contributed by atoms with Crippen LogP contribution in [-0.2, 0) is 0 Å². The number of carbonyl (C=O) groups excluding carboxylic acids is 1. The Morgan fingerprint density at radius 3 is 2.78 bits per heavy atom. The van der Waals surface area contributed by atoms with Gasteiger partial charge in [-0.25, -0.2) is 0 Å². The van der Waals surface area contributed by atoms with Gasteiger partial charge in [0.05, 0.1) is 5.69 Å². The Balaban J connectivity index is 1.49. The SMILES string of the molecule is Cc1n[nH]nc1C(=O)N1CCC(c2nnc3ccccn23)CC1. The third kappa shape index (κ3) is 2.36. The van der Waals surface area contributed by atoms with Crippen molar-refractivity contribution < 1.29 is 4.79 Å². The summed E-state index contributed by atoms with van der Waals surface area (Å²) in [6.07, 6.45) is 3.73. The highest BCUT2D eigenvalue weighted by Crippen LogP contribution is 2.27. The monoisotopic (exact) mass is 311 g/mol. The molecule has 0 aliphatic carbocycles. The van der Waals surface area contributed by atoms with Crippen LogP contribution in [0.2, 0.25) is 0 Å². The molecule has 1 saturated heterocycles. The molecule has 0 spiro atoms. The van der Waals surface area contributed by atoms with Crippen molar-refractivity contribution in [3.63, 3.8) is 0 Å². The van der Waals surface area contributed by atoms with Crippen molar-refractivity contribution in [2.45, 2.75) is 25.7 Å². The fourth-order valence-electron chi connectivity index (χ4n) is 3.12. The van der Waals surface area contributed by atoms with Gasteiger partial charge in [-0.1, -0.05) is 6.07 Å². The van der Waals surface area contributed by atoms with Gasteiger partial charge in [0.15, 0.2) is 11.3 Å². The standard InChI is InChI=1S/C15H17N7O/c1-10-13(18-20-16-10)15(23)21-8-5-11(6-9-21)14-19-17-12-4-2-3-7-22(12)14/h2-4,7,11H,5-6,8-9H2,1H3,(H,16,18,20). The number of piperidine rings is 1. The second-order valence-corrected chi connectivity index (χ2v) is 5.81. The number of aromatic nitrogens is 6. The van der Waals surface area contributed by atoms with Gasteiger partial charge in [-0.3, -0.25) is 9.20 Å². The average molecular weight is 311 g/mol. The number of pyridine rings is 1. The Labute approximate surface area is 132 Å². The summed E-state index contributed by atoms with van der Waals surface area (Å²) in [6.45, 7) is 3.17. The van der Waals surface area contributed by atoms with Crippen molar-refractivity contribution in [1.29, 1.82) is 0 Å². The zero-order valence-electron chi connectivity index (χ0n) is 12.8. The first-order valence-corrected chi connectivity index (χ1v) is 7.70. The first-order chi connectivity index (χ1) is 11.2. The Hall–Kier alpha value is -2.77. The van der Waals surface area contributed by atoms with E-state index in [0.717, 1.165) is 24.3 Å². The second kappa shape index (κ2) is 5.45. The highest BCUT2D eigenvalue weighted by Gasteiger charge is 2.29. The van der Waals surface area contributed by atoms with Gasteiger partial charge >= 0.3 is 0 Å². The molecule has 8 nitrogen and oxygen atoms in total. The van der Waals surface area contributed by atoms with Gasteiger partial charge in [-0.2, -0.15) is 15.4 Å². The molecule has 0 bridgehead atoms. The predicted molar refractivity (Wildman–Crippen MR) is 82.0 cm³/mol. The summed E-state index contributed by atoms with van der Waals surface area (Å²) in [5.41, 5.74) is 1.91. The molecule has 1 aliphatic heterocycles. The molecule has 23 heavy (non-hydrogen) atoms. The molecule has 0 unspecified atom stereocenters. The number of amides is 1. The summed E-state index contributed by atoms with van der Waals surface area (Å²) in [5.74, 6) is 1.24. The number of aryl methyl sites for hydroxylation is 1. The number of H-pyrrole nitrogens is 1. The molecule has 0 atom stereocenters. The van der Waals surface area contributed by atoms with E-state index in [1.165, 1.54) is 0 Å². The second-order valence-electron chi connectivity index (χ2n) is 5.81. The van der Waals surface area contributed by atoms with Crippen molar-refractivity contribution in [2.75, 3.05) is 13.1 Å². The summed E-state index contributed by atoms with van der Waals surface area (Å²) in [7, 11) is 0. The Kier molecular flexibility index (Phi) is 3.29. The Bertz CT molecular complexity index is 844. The molecule has 0 radical (unpaired) electrons. The molecular formula is C15H17N7O. The first-order valence-electron chi connectivity index (χ1n) is 7.70. The lowest BCUT2D eigenvalue weighted by Gasteiger charge is -2.30. The molecule has 4 rings (SSSR count). The maximum absolute atomic E-state index is 12.5. The van der Waals surface area contributed by atoms with Crippen LogP contribution in [0.1, 0.15) is 40.8 Å². The van der Waals surface area contributed by atoms with Gasteiger partial charge in [0.1, 0.15) is 5.82 Å². The van der Waals surface area contributed by atoms with E-state index in [9.17, 15) is 4.79 Å². The van der Waals surface area contributed by atoms with E-state index in [0.29, 0.717) is 30.4 Å². The van der Waals surface area contributed by atoms with Crippen molar-refractivity contribution in [2.24, 2.45) is 0 Å². The molecule has 3 aromatic heterocycles. The summed E-state index contributed by atoms with van der Waals surface area (Å²) in [6, 6.07) is 5.88. The van der Waals surface area contributed by atoms with Crippen LogP contribution in [0.15, 0.2) is 24.4 Å². The zero-order chi connectivity index (χ0) is 15.8. The largest absolute Gasteiger partial charge is 0.337 e. The van der Waals surface area contributed by atoms with Gasteiger partial charge in [0.25, 0.3) is 5.91 Å². The fourth-order valence-corrected chi connectivity index (χ4v) is 3.12. The number of carbonyl (C=O) groups is 1. The van der Waals surface area contributed by atoms with E-state index in [2.05, 4.69) is 25.6 Å². The number of hydrogen-bond acceptors (Lipinski definition) is 5. The number of aromatic amines is 1. The van der Waals surface area contributed by atoms with E-state index >= 15 is 0 Å². The van der Waals surface area contributed by atoms with Gasteiger partial charge in [0, 0.05) is 25.2 Å². The lowest BCUT2D eigenvalue weighted by molar-refractivity contribution is 0.0704. The summed E-state index contributed by atoms with van der Waals surface area (Å²) >= 11 is 0. The molecule has 118 valence electrons. The van der Waals surface area contributed by atoms with Crippen LogP contribution in [0.3, 0.4) is 0 Å². The highest BCUT2D eigenvalue weighted by molar-refractivity contribution is 5.93. The van der Waals surface area contributed by atoms with Crippen molar-refractivity contribution in [1.82, 2.24) is 34.9 Å². The number of fused-ring (bicyclic) bond motifs is 1. The maximum atomic E-state index is 12.5. The molecule has 1 aliphatic rings. The summed E-state index contributed by atoms with van der Waals surface area (Å²) < 4.78 is 2.03. The minimum Gasteiger partial charge on any atom is -0.337 e.